The van der Waals surface area contributed by atoms with Crippen molar-refractivity contribution in [2.45, 2.75) is 19.8 Å². The van der Waals surface area contributed by atoms with Crippen LogP contribution in [-0.2, 0) is 14.3 Å². The van der Waals surface area contributed by atoms with Crippen LogP contribution in [0.4, 0.5) is 10.1 Å². The number of hydrogen-bond donors (Lipinski definition) is 1. The predicted molar refractivity (Wildman–Crippen MR) is 85.8 cm³/mol. The van der Waals surface area contributed by atoms with E-state index in [0.29, 0.717) is 13.2 Å². The lowest BCUT2D eigenvalue weighted by atomic mass is 9.98. The van der Waals surface area contributed by atoms with Gasteiger partial charge in [0.15, 0.2) is 0 Å². The molecule has 0 unspecified atom stereocenters. The van der Waals surface area contributed by atoms with Gasteiger partial charge in [0.1, 0.15) is 5.82 Å². The SMILES string of the molecule is CCOC(=O)[C@H]1CCCN(CC(=O)Nc2ccc(Cl)cc2F)C1. The molecule has 0 spiro atoms. The highest BCUT2D eigenvalue weighted by Crippen LogP contribution is 2.20. The summed E-state index contributed by atoms with van der Waals surface area (Å²) < 4.78 is 18.7. The largest absolute Gasteiger partial charge is 0.466 e. The van der Waals surface area contributed by atoms with Gasteiger partial charge in [-0.2, -0.15) is 0 Å². The lowest BCUT2D eigenvalue weighted by molar-refractivity contribution is -0.150. The van der Waals surface area contributed by atoms with Crippen molar-refractivity contribution in [2.75, 3.05) is 31.6 Å². The van der Waals surface area contributed by atoms with Crippen LogP contribution in [0.2, 0.25) is 5.02 Å². The second kappa shape index (κ2) is 8.26. The summed E-state index contributed by atoms with van der Waals surface area (Å²) in [5, 5.41) is 2.80. The van der Waals surface area contributed by atoms with E-state index in [4.69, 9.17) is 16.3 Å². The van der Waals surface area contributed by atoms with Gasteiger partial charge in [0.05, 0.1) is 24.8 Å². The van der Waals surface area contributed by atoms with Gasteiger partial charge >= 0.3 is 5.97 Å². The number of anilines is 1. The first-order valence-electron chi connectivity index (χ1n) is 7.63. The first-order valence-corrected chi connectivity index (χ1v) is 8.01. The van der Waals surface area contributed by atoms with Crippen LogP contribution in [0.1, 0.15) is 19.8 Å². The van der Waals surface area contributed by atoms with Crippen molar-refractivity contribution < 1.29 is 18.7 Å². The van der Waals surface area contributed by atoms with Crippen molar-refractivity contribution in [3.8, 4) is 0 Å². The second-order valence-electron chi connectivity index (χ2n) is 5.50. The first-order chi connectivity index (χ1) is 11.0. The number of benzene rings is 1. The van der Waals surface area contributed by atoms with E-state index in [-0.39, 0.29) is 35.0 Å². The van der Waals surface area contributed by atoms with Crippen LogP contribution < -0.4 is 5.32 Å². The molecule has 7 heteroatoms. The molecule has 0 aromatic heterocycles. The molecule has 1 aliphatic heterocycles. The summed E-state index contributed by atoms with van der Waals surface area (Å²) in [7, 11) is 0. The zero-order valence-electron chi connectivity index (χ0n) is 13.0. The third-order valence-electron chi connectivity index (χ3n) is 3.70. The van der Waals surface area contributed by atoms with Crippen molar-refractivity contribution in [3.05, 3.63) is 29.0 Å². The van der Waals surface area contributed by atoms with E-state index >= 15 is 0 Å². The fraction of sp³-hybridized carbons (Fsp3) is 0.500. The molecule has 1 aliphatic rings. The Bertz CT molecular complexity index is 582. The minimum Gasteiger partial charge on any atom is -0.466 e. The maximum atomic E-state index is 13.7. The second-order valence-corrected chi connectivity index (χ2v) is 5.94. The van der Waals surface area contributed by atoms with Crippen LogP contribution in [0.5, 0.6) is 0 Å². The van der Waals surface area contributed by atoms with Crippen LogP contribution in [0.15, 0.2) is 18.2 Å². The summed E-state index contributed by atoms with van der Waals surface area (Å²) in [4.78, 5) is 25.7. The minimum atomic E-state index is -0.575. The van der Waals surface area contributed by atoms with Gasteiger partial charge in [-0.1, -0.05) is 11.6 Å². The number of carbonyl (C=O) groups excluding carboxylic acids is 2. The Morgan fingerprint density at radius 2 is 2.26 bits per heavy atom. The van der Waals surface area contributed by atoms with Crippen LogP contribution in [-0.4, -0.2) is 43.0 Å². The molecule has 126 valence electrons. The summed E-state index contributed by atoms with van der Waals surface area (Å²) in [6.45, 7) is 3.44. The molecule has 1 heterocycles. The smallest absolute Gasteiger partial charge is 0.310 e. The fourth-order valence-corrected chi connectivity index (χ4v) is 2.79. The third kappa shape index (κ3) is 5.18. The molecule has 1 aromatic carbocycles. The number of amides is 1. The maximum Gasteiger partial charge on any atom is 0.310 e. The molecule has 1 saturated heterocycles. The van der Waals surface area contributed by atoms with Crippen molar-refractivity contribution in [3.63, 3.8) is 0 Å². The average molecular weight is 343 g/mol. The molecule has 1 fully saturated rings. The number of hydrogen-bond acceptors (Lipinski definition) is 4. The number of esters is 1. The fourth-order valence-electron chi connectivity index (χ4n) is 2.64. The summed E-state index contributed by atoms with van der Waals surface area (Å²) >= 11 is 5.68. The lowest BCUT2D eigenvalue weighted by Crippen LogP contribution is -2.43. The van der Waals surface area contributed by atoms with E-state index in [9.17, 15) is 14.0 Å². The van der Waals surface area contributed by atoms with E-state index in [1.807, 2.05) is 4.90 Å². The molecule has 0 saturated carbocycles. The van der Waals surface area contributed by atoms with Gasteiger partial charge in [-0.15, -0.1) is 0 Å². The molecule has 5 nitrogen and oxygen atoms in total. The van der Waals surface area contributed by atoms with Crippen molar-refractivity contribution >= 4 is 29.2 Å². The third-order valence-corrected chi connectivity index (χ3v) is 3.93. The van der Waals surface area contributed by atoms with Gasteiger partial charge in [0, 0.05) is 11.6 Å². The lowest BCUT2D eigenvalue weighted by Gasteiger charge is -2.30. The predicted octanol–water partition coefficient (Wildman–Crippen LogP) is 2.69. The quantitative estimate of drug-likeness (QED) is 0.836. The minimum absolute atomic E-state index is 0.0957. The van der Waals surface area contributed by atoms with Gasteiger partial charge in [0.2, 0.25) is 5.91 Å². The molecular formula is C16H20ClFN2O3. The average Bonchev–Trinajstić information content (AvgIpc) is 2.50. The summed E-state index contributed by atoms with van der Waals surface area (Å²) in [6.07, 6.45) is 1.59. The number of piperidine rings is 1. The molecular weight excluding hydrogens is 323 g/mol. The van der Waals surface area contributed by atoms with E-state index in [1.165, 1.54) is 12.1 Å². The Balaban J connectivity index is 1.88. The van der Waals surface area contributed by atoms with Crippen molar-refractivity contribution in [1.29, 1.82) is 0 Å². The number of likely N-dealkylation sites (tertiary alicyclic amines) is 1. The Morgan fingerprint density at radius 1 is 1.48 bits per heavy atom. The Kier molecular flexibility index (Phi) is 6.36. The summed E-state index contributed by atoms with van der Waals surface area (Å²) in [5.41, 5.74) is 0.0957. The van der Waals surface area contributed by atoms with E-state index in [1.54, 1.807) is 6.92 Å². The van der Waals surface area contributed by atoms with Crippen LogP contribution >= 0.6 is 11.6 Å². The molecule has 23 heavy (non-hydrogen) atoms. The highest BCUT2D eigenvalue weighted by atomic mass is 35.5. The standard InChI is InChI=1S/C16H20ClFN2O3/c1-2-23-16(22)11-4-3-7-20(9-11)10-15(21)19-14-6-5-12(17)8-13(14)18/h5-6,8,11H,2-4,7,9-10H2,1H3,(H,19,21)/t11-/m0/s1. The van der Waals surface area contributed by atoms with E-state index < -0.39 is 5.82 Å². The van der Waals surface area contributed by atoms with Gasteiger partial charge in [-0.05, 0) is 44.5 Å². The molecule has 1 amide bonds. The number of nitrogens with zero attached hydrogens (tertiary/aromatic N) is 1. The summed E-state index contributed by atoms with van der Waals surface area (Å²) in [6, 6.07) is 4.08. The van der Waals surface area contributed by atoms with Gasteiger partial charge in [-0.3, -0.25) is 14.5 Å². The molecule has 2 rings (SSSR count). The number of nitrogens with one attached hydrogen (secondary N) is 1. The highest BCUT2D eigenvalue weighted by molar-refractivity contribution is 6.30. The summed E-state index contributed by atoms with van der Waals surface area (Å²) in [5.74, 6) is -1.32. The van der Waals surface area contributed by atoms with Crippen LogP contribution in [0.25, 0.3) is 0 Å². The monoisotopic (exact) mass is 342 g/mol. The molecule has 1 aromatic rings. The molecule has 0 radical (unpaired) electrons. The normalized spacial score (nSPS) is 18.5. The maximum absolute atomic E-state index is 13.7. The van der Waals surface area contributed by atoms with Gasteiger partial charge < -0.3 is 10.1 Å². The number of ether oxygens (including phenoxy) is 1. The number of rotatable bonds is 5. The highest BCUT2D eigenvalue weighted by Gasteiger charge is 2.27. The first kappa shape index (κ1) is 17.7. The topological polar surface area (TPSA) is 58.6 Å². The Hall–Kier alpha value is -1.66. The molecule has 0 aliphatic carbocycles. The van der Waals surface area contributed by atoms with E-state index in [0.717, 1.165) is 25.5 Å². The Labute approximate surface area is 139 Å². The molecule has 1 atom stereocenters. The van der Waals surface area contributed by atoms with Crippen molar-refractivity contribution in [1.82, 2.24) is 4.90 Å². The van der Waals surface area contributed by atoms with Gasteiger partial charge in [-0.25, -0.2) is 4.39 Å². The van der Waals surface area contributed by atoms with Gasteiger partial charge in [0.25, 0.3) is 0 Å². The van der Waals surface area contributed by atoms with Crippen LogP contribution in [0.3, 0.4) is 0 Å². The van der Waals surface area contributed by atoms with E-state index in [2.05, 4.69) is 5.32 Å². The number of halogens is 2. The Morgan fingerprint density at radius 3 is 2.96 bits per heavy atom. The zero-order chi connectivity index (χ0) is 16.8. The van der Waals surface area contributed by atoms with Crippen LogP contribution in [0, 0.1) is 11.7 Å². The zero-order valence-corrected chi connectivity index (χ0v) is 13.7. The number of carbonyl (C=O) groups is 2. The molecule has 1 N–H and O–H groups in total. The molecule has 0 bridgehead atoms. The van der Waals surface area contributed by atoms with Crippen molar-refractivity contribution in [2.24, 2.45) is 5.92 Å².